The molecule has 12 heavy (non-hydrogen) atoms. The van der Waals surface area contributed by atoms with Gasteiger partial charge in [-0.25, -0.2) is 0 Å². The van der Waals surface area contributed by atoms with Crippen molar-refractivity contribution in [3.05, 3.63) is 0 Å². The zero-order valence-corrected chi connectivity index (χ0v) is 9.14. The molecule has 0 aromatic carbocycles. The normalized spacial score (nSPS) is 34.2. The molecule has 1 rings (SSSR count). The molecule has 0 heterocycles. The van der Waals surface area contributed by atoms with Crippen LogP contribution in [0.15, 0.2) is 0 Å². The van der Waals surface area contributed by atoms with E-state index in [2.05, 4.69) is 27.7 Å². The second-order valence-electron chi connectivity index (χ2n) is 4.70. The van der Waals surface area contributed by atoms with Crippen LogP contribution in [0.5, 0.6) is 0 Å². The SMILES string of the molecule is CCCCC1C(CC)C1C(C)C. The highest BCUT2D eigenvalue weighted by Crippen LogP contribution is 2.55. The highest BCUT2D eigenvalue weighted by Gasteiger charge is 2.48. The van der Waals surface area contributed by atoms with Gasteiger partial charge in [0, 0.05) is 0 Å². The zero-order chi connectivity index (χ0) is 9.14. The van der Waals surface area contributed by atoms with Crippen LogP contribution in [0.25, 0.3) is 0 Å². The first kappa shape index (κ1) is 10.1. The number of rotatable bonds is 5. The highest BCUT2D eigenvalue weighted by molar-refractivity contribution is 4.97. The maximum Gasteiger partial charge on any atom is -0.0329 e. The third-order valence-electron chi connectivity index (χ3n) is 3.53. The fourth-order valence-corrected chi connectivity index (χ4v) is 2.88. The van der Waals surface area contributed by atoms with Crippen molar-refractivity contribution in [2.75, 3.05) is 0 Å². The molecule has 0 nitrogen and oxygen atoms in total. The number of unbranched alkanes of at least 4 members (excludes halogenated alkanes) is 1. The van der Waals surface area contributed by atoms with Crippen LogP contribution in [0, 0.1) is 23.7 Å². The molecule has 0 spiro atoms. The van der Waals surface area contributed by atoms with Crippen molar-refractivity contribution in [3.63, 3.8) is 0 Å². The molecule has 1 fully saturated rings. The Morgan fingerprint density at radius 3 is 2.08 bits per heavy atom. The van der Waals surface area contributed by atoms with Crippen LogP contribution in [0.1, 0.15) is 53.4 Å². The van der Waals surface area contributed by atoms with Gasteiger partial charge in [-0.15, -0.1) is 0 Å². The standard InChI is InChI=1S/C12H24/c1-5-7-8-11-10(6-2)12(11)9(3)4/h9-12H,5-8H2,1-4H3. The molecule has 0 aromatic rings. The third-order valence-corrected chi connectivity index (χ3v) is 3.53. The van der Waals surface area contributed by atoms with Crippen molar-refractivity contribution in [3.8, 4) is 0 Å². The first-order valence-electron chi connectivity index (χ1n) is 5.72. The van der Waals surface area contributed by atoms with Gasteiger partial charge in [0.05, 0.1) is 0 Å². The molecule has 0 bridgehead atoms. The average molecular weight is 168 g/mol. The molecule has 0 N–H and O–H groups in total. The highest BCUT2D eigenvalue weighted by atomic mass is 14.5. The molecule has 0 aromatic heterocycles. The van der Waals surface area contributed by atoms with Gasteiger partial charge in [-0.3, -0.25) is 0 Å². The van der Waals surface area contributed by atoms with Gasteiger partial charge in [-0.05, 0) is 30.1 Å². The molecule has 1 aliphatic rings. The maximum atomic E-state index is 2.39. The summed E-state index contributed by atoms with van der Waals surface area (Å²) in [5.74, 6) is 4.17. The van der Waals surface area contributed by atoms with Gasteiger partial charge >= 0.3 is 0 Å². The Kier molecular flexibility index (Phi) is 3.61. The van der Waals surface area contributed by atoms with E-state index in [1.807, 2.05) is 0 Å². The van der Waals surface area contributed by atoms with Crippen LogP contribution in [0.4, 0.5) is 0 Å². The van der Waals surface area contributed by atoms with Crippen molar-refractivity contribution in [2.24, 2.45) is 23.7 Å². The average Bonchev–Trinajstić information content (AvgIpc) is 2.74. The second kappa shape index (κ2) is 4.30. The summed E-state index contributed by atoms with van der Waals surface area (Å²) in [5, 5.41) is 0. The Morgan fingerprint density at radius 2 is 1.75 bits per heavy atom. The largest absolute Gasteiger partial charge is 0.0654 e. The van der Waals surface area contributed by atoms with Crippen molar-refractivity contribution in [1.82, 2.24) is 0 Å². The van der Waals surface area contributed by atoms with E-state index >= 15 is 0 Å². The van der Waals surface area contributed by atoms with Crippen molar-refractivity contribution in [1.29, 1.82) is 0 Å². The molecular formula is C12H24. The molecule has 0 radical (unpaired) electrons. The van der Waals surface area contributed by atoms with Gasteiger partial charge in [0.2, 0.25) is 0 Å². The summed E-state index contributed by atoms with van der Waals surface area (Å²) in [6.45, 7) is 9.43. The second-order valence-corrected chi connectivity index (χ2v) is 4.70. The van der Waals surface area contributed by atoms with Crippen LogP contribution >= 0.6 is 0 Å². The Morgan fingerprint density at radius 1 is 1.08 bits per heavy atom. The molecule has 0 aliphatic heterocycles. The van der Waals surface area contributed by atoms with E-state index in [1.54, 1.807) is 0 Å². The zero-order valence-electron chi connectivity index (χ0n) is 9.14. The summed E-state index contributed by atoms with van der Waals surface area (Å²) in [6, 6.07) is 0. The lowest BCUT2D eigenvalue weighted by molar-refractivity contribution is 0.486. The molecule has 1 saturated carbocycles. The van der Waals surface area contributed by atoms with E-state index in [-0.39, 0.29) is 0 Å². The van der Waals surface area contributed by atoms with Crippen LogP contribution in [0.3, 0.4) is 0 Å². The number of hydrogen-bond donors (Lipinski definition) is 0. The van der Waals surface area contributed by atoms with E-state index in [9.17, 15) is 0 Å². The minimum atomic E-state index is 0.928. The van der Waals surface area contributed by atoms with Gasteiger partial charge in [0.1, 0.15) is 0 Å². The van der Waals surface area contributed by atoms with Crippen molar-refractivity contribution in [2.45, 2.75) is 53.4 Å². The lowest BCUT2D eigenvalue weighted by atomic mass is 10.0. The minimum absolute atomic E-state index is 0.928. The molecule has 0 heteroatoms. The molecule has 1 aliphatic carbocycles. The number of hydrogen-bond acceptors (Lipinski definition) is 0. The van der Waals surface area contributed by atoms with E-state index < -0.39 is 0 Å². The minimum Gasteiger partial charge on any atom is -0.0654 e. The summed E-state index contributed by atoms with van der Waals surface area (Å²) < 4.78 is 0. The van der Waals surface area contributed by atoms with E-state index in [0.29, 0.717) is 0 Å². The fourth-order valence-electron chi connectivity index (χ4n) is 2.88. The first-order valence-corrected chi connectivity index (χ1v) is 5.72. The lowest BCUT2D eigenvalue weighted by Gasteiger charge is -2.01. The van der Waals surface area contributed by atoms with Crippen LogP contribution in [-0.2, 0) is 0 Å². The van der Waals surface area contributed by atoms with E-state index in [1.165, 1.54) is 25.7 Å². The van der Waals surface area contributed by atoms with Crippen LogP contribution < -0.4 is 0 Å². The van der Waals surface area contributed by atoms with Crippen LogP contribution in [-0.4, -0.2) is 0 Å². The molecule has 0 amide bonds. The Hall–Kier alpha value is 0. The van der Waals surface area contributed by atoms with Gasteiger partial charge in [0.25, 0.3) is 0 Å². The monoisotopic (exact) mass is 168 g/mol. The smallest absolute Gasteiger partial charge is 0.0329 e. The Balaban J connectivity index is 2.27. The summed E-state index contributed by atoms with van der Waals surface area (Å²) in [4.78, 5) is 0. The predicted octanol–water partition coefficient (Wildman–Crippen LogP) is 4.10. The molecular weight excluding hydrogens is 144 g/mol. The quantitative estimate of drug-likeness (QED) is 0.579. The van der Waals surface area contributed by atoms with Gasteiger partial charge in [-0.2, -0.15) is 0 Å². The molecule has 72 valence electrons. The predicted molar refractivity (Wildman–Crippen MR) is 55.1 cm³/mol. The molecule has 3 unspecified atom stereocenters. The van der Waals surface area contributed by atoms with Gasteiger partial charge in [-0.1, -0.05) is 47.0 Å². The van der Waals surface area contributed by atoms with Crippen molar-refractivity contribution < 1.29 is 0 Å². The molecule has 3 atom stereocenters. The Labute approximate surface area is 77.7 Å². The topological polar surface area (TPSA) is 0 Å². The first-order chi connectivity index (χ1) is 5.72. The fraction of sp³-hybridized carbons (Fsp3) is 1.00. The Bertz CT molecular complexity index is 126. The lowest BCUT2D eigenvalue weighted by Crippen LogP contribution is -1.93. The van der Waals surface area contributed by atoms with Crippen LogP contribution in [0.2, 0.25) is 0 Å². The maximum absolute atomic E-state index is 2.39. The molecule has 0 saturated heterocycles. The van der Waals surface area contributed by atoms with E-state index in [4.69, 9.17) is 0 Å². The summed E-state index contributed by atoms with van der Waals surface area (Å²) in [5.41, 5.74) is 0. The third kappa shape index (κ3) is 2.02. The van der Waals surface area contributed by atoms with E-state index in [0.717, 1.165) is 23.7 Å². The summed E-state index contributed by atoms with van der Waals surface area (Å²) >= 11 is 0. The van der Waals surface area contributed by atoms with Crippen molar-refractivity contribution >= 4 is 0 Å². The summed E-state index contributed by atoms with van der Waals surface area (Å²) in [7, 11) is 0. The van der Waals surface area contributed by atoms with Gasteiger partial charge < -0.3 is 0 Å². The summed E-state index contributed by atoms with van der Waals surface area (Å²) in [6.07, 6.45) is 5.73. The van der Waals surface area contributed by atoms with Gasteiger partial charge in [0.15, 0.2) is 0 Å².